The Kier molecular flexibility index (Phi) is 5.48. The first-order chi connectivity index (χ1) is 12.8. The Hall–Kier alpha value is -2.07. The van der Waals surface area contributed by atoms with Crippen molar-refractivity contribution in [2.45, 2.75) is 59.3 Å². The molecule has 2 aromatic heterocycles. The third kappa shape index (κ3) is 3.31. The van der Waals surface area contributed by atoms with E-state index in [1.54, 1.807) is 16.1 Å². The van der Waals surface area contributed by atoms with Crippen LogP contribution in [0.25, 0.3) is 16.9 Å². The number of nitrogens with zero attached hydrogens (tertiary/aromatic N) is 3. The lowest BCUT2D eigenvalue weighted by Gasteiger charge is -2.14. The number of fused-ring (bicyclic) bond motifs is 1. The van der Waals surface area contributed by atoms with Crippen molar-refractivity contribution in [1.82, 2.24) is 14.2 Å². The minimum atomic E-state index is -0.0287. The predicted octanol–water partition coefficient (Wildman–Crippen LogP) is 5.69. The summed E-state index contributed by atoms with van der Waals surface area (Å²) in [6.07, 6.45) is 2.01. The highest BCUT2D eigenvalue weighted by molar-refractivity contribution is 6.33. The van der Waals surface area contributed by atoms with Crippen molar-refractivity contribution in [2.75, 3.05) is 0 Å². The Morgan fingerprint density at radius 2 is 1.81 bits per heavy atom. The summed E-state index contributed by atoms with van der Waals surface area (Å²) in [6, 6.07) is 8.09. The maximum atomic E-state index is 13.2. The van der Waals surface area contributed by atoms with Gasteiger partial charge in [0.1, 0.15) is 5.52 Å². The molecule has 27 heavy (non-hydrogen) atoms. The van der Waals surface area contributed by atoms with Gasteiger partial charge in [-0.2, -0.15) is 0 Å². The van der Waals surface area contributed by atoms with Crippen LogP contribution in [0.5, 0.6) is 0 Å². The van der Waals surface area contributed by atoms with Gasteiger partial charge in [-0.15, -0.1) is 5.10 Å². The van der Waals surface area contributed by atoms with E-state index < -0.39 is 0 Å². The smallest absolute Gasteiger partial charge is 0.278 e. The maximum absolute atomic E-state index is 13.2. The van der Waals surface area contributed by atoms with Crippen molar-refractivity contribution in [3.05, 3.63) is 56.5 Å². The number of hydrogen-bond donors (Lipinski definition) is 0. The Morgan fingerprint density at radius 1 is 1.15 bits per heavy atom. The van der Waals surface area contributed by atoms with Crippen LogP contribution in [0.15, 0.2) is 29.1 Å². The molecule has 0 saturated carbocycles. The normalized spacial score (nSPS) is 11.9. The van der Waals surface area contributed by atoms with E-state index in [4.69, 9.17) is 16.7 Å². The number of halogens is 1. The molecule has 0 aliphatic heterocycles. The molecule has 0 spiro atoms. The lowest BCUT2D eigenvalue weighted by Crippen LogP contribution is -2.24. The molecule has 0 unspecified atom stereocenters. The summed E-state index contributed by atoms with van der Waals surface area (Å²) in [7, 11) is 1.77. The molecule has 144 valence electrons. The highest BCUT2D eigenvalue weighted by atomic mass is 35.5. The Bertz CT molecular complexity index is 1040. The number of aromatic nitrogens is 3. The van der Waals surface area contributed by atoms with Gasteiger partial charge in [-0.25, -0.2) is 4.52 Å². The number of aryl methyl sites for hydroxylation is 1. The van der Waals surface area contributed by atoms with Crippen molar-refractivity contribution in [2.24, 2.45) is 7.05 Å². The van der Waals surface area contributed by atoms with Crippen molar-refractivity contribution < 1.29 is 0 Å². The summed E-state index contributed by atoms with van der Waals surface area (Å²) >= 11 is 6.56. The van der Waals surface area contributed by atoms with Crippen LogP contribution in [-0.2, 0) is 7.05 Å². The summed E-state index contributed by atoms with van der Waals surface area (Å²) in [5, 5.41) is 5.43. The van der Waals surface area contributed by atoms with Gasteiger partial charge < -0.3 is 0 Å². The van der Waals surface area contributed by atoms with Gasteiger partial charge in [-0.1, -0.05) is 45.4 Å². The average molecular weight is 386 g/mol. The van der Waals surface area contributed by atoms with Crippen LogP contribution in [0, 0.1) is 6.92 Å². The van der Waals surface area contributed by atoms with E-state index in [0.717, 1.165) is 29.7 Å². The zero-order valence-electron chi connectivity index (χ0n) is 17.0. The summed E-state index contributed by atoms with van der Waals surface area (Å²) in [5.41, 5.74) is 4.67. The zero-order valence-corrected chi connectivity index (χ0v) is 17.8. The van der Waals surface area contributed by atoms with Crippen LogP contribution in [0.4, 0.5) is 0 Å². The summed E-state index contributed by atoms with van der Waals surface area (Å²) < 4.78 is 3.41. The summed E-state index contributed by atoms with van der Waals surface area (Å²) in [4.78, 5) is 13.2. The van der Waals surface area contributed by atoms with E-state index in [9.17, 15) is 4.79 Å². The Balaban J connectivity index is 2.27. The van der Waals surface area contributed by atoms with Crippen LogP contribution in [0.2, 0.25) is 5.02 Å². The first-order valence-electron chi connectivity index (χ1n) is 9.69. The van der Waals surface area contributed by atoms with Crippen LogP contribution in [0.3, 0.4) is 0 Å². The highest BCUT2D eigenvalue weighted by Gasteiger charge is 2.21. The number of benzene rings is 1. The molecular weight excluding hydrogens is 358 g/mol. The van der Waals surface area contributed by atoms with Crippen LogP contribution < -0.4 is 5.56 Å². The molecular formula is C22H28ClN3O. The summed E-state index contributed by atoms with van der Waals surface area (Å²) in [6.45, 7) is 10.6. The quantitative estimate of drug-likeness (QED) is 0.566. The van der Waals surface area contributed by atoms with Crippen LogP contribution in [-0.4, -0.2) is 14.2 Å². The zero-order chi connectivity index (χ0) is 19.9. The molecule has 3 rings (SSSR count). The van der Waals surface area contributed by atoms with E-state index in [2.05, 4.69) is 39.8 Å². The Morgan fingerprint density at radius 3 is 2.37 bits per heavy atom. The molecule has 0 fully saturated rings. The minimum Gasteiger partial charge on any atom is -0.292 e. The monoisotopic (exact) mass is 385 g/mol. The van der Waals surface area contributed by atoms with E-state index in [1.165, 1.54) is 5.56 Å². The molecule has 0 N–H and O–H groups in total. The molecule has 0 atom stereocenters. The molecule has 0 aliphatic rings. The van der Waals surface area contributed by atoms with Crippen LogP contribution in [0.1, 0.15) is 69.2 Å². The topological polar surface area (TPSA) is 39.3 Å². The lowest BCUT2D eigenvalue weighted by molar-refractivity contribution is 0.644. The first-order valence-corrected chi connectivity index (χ1v) is 10.1. The van der Waals surface area contributed by atoms with Crippen molar-refractivity contribution >= 4 is 17.1 Å². The second-order valence-corrected chi connectivity index (χ2v) is 8.00. The molecule has 0 amide bonds. The fraction of sp³-hybridized carbons (Fsp3) is 0.455. The molecule has 2 heterocycles. The molecule has 3 aromatic rings. The van der Waals surface area contributed by atoms with Crippen LogP contribution >= 0.6 is 11.6 Å². The van der Waals surface area contributed by atoms with Crippen molar-refractivity contribution in [1.29, 1.82) is 0 Å². The number of hydrogen-bond acceptors (Lipinski definition) is 2. The van der Waals surface area contributed by atoms with Gasteiger partial charge in [0, 0.05) is 18.3 Å². The molecule has 0 saturated heterocycles. The maximum Gasteiger partial charge on any atom is 0.278 e. The lowest BCUT2D eigenvalue weighted by atomic mass is 9.95. The second kappa shape index (κ2) is 7.51. The largest absolute Gasteiger partial charge is 0.292 e. The summed E-state index contributed by atoms with van der Waals surface area (Å²) in [5.74, 6) is 1.34. The SMILES string of the molecule is CCC(CC)c1cc(C)n2nc(-c3ccc(C(C)C)cc3Cl)n(C)c(=O)c12. The molecule has 0 radical (unpaired) electrons. The van der Waals surface area contributed by atoms with E-state index in [-0.39, 0.29) is 5.56 Å². The van der Waals surface area contributed by atoms with E-state index in [0.29, 0.717) is 28.2 Å². The molecule has 5 heteroatoms. The number of rotatable bonds is 5. The molecule has 1 aromatic carbocycles. The van der Waals surface area contributed by atoms with Gasteiger partial charge in [-0.05, 0) is 60.9 Å². The molecule has 0 bridgehead atoms. The standard InChI is InChI=1S/C22H28ClN3O/c1-7-15(8-2)18-11-14(5)26-20(18)22(27)25(6)21(24-26)17-10-9-16(13(3)4)12-19(17)23/h9-13,15H,7-8H2,1-6H3. The van der Waals surface area contributed by atoms with Gasteiger partial charge in [0.25, 0.3) is 5.56 Å². The average Bonchev–Trinajstić information content (AvgIpc) is 2.96. The predicted molar refractivity (Wildman–Crippen MR) is 113 cm³/mol. The highest BCUT2D eigenvalue weighted by Crippen LogP contribution is 2.31. The van der Waals surface area contributed by atoms with Crippen molar-refractivity contribution in [3.8, 4) is 11.4 Å². The fourth-order valence-electron chi connectivity index (χ4n) is 3.76. The van der Waals surface area contributed by atoms with Crippen molar-refractivity contribution in [3.63, 3.8) is 0 Å². The Labute approximate surface area is 165 Å². The van der Waals surface area contributed by atoms with Gasteiger partial charge >= 0.3 is 0 Å². The van der Waals surface area contributed by atoms with Gasteiger partial charge in [0.15, 0.2) is 5.82 Å². The third-order valence-electron chi connectivity index (χ3n) is 5.53. The minimum absolute atomic E-state index is 0.0287. The van der Waals surface area contributed by atoms with E-state index in [1.807, 2.05) is 19.1 Å². The second-order valence-electron chi connectivity index (χ2n) is 7.60. The van der Waals surface area contributed by atoms with Gasteiger partial charge in [0.05, 0.1) is 5.02 Å². The third-order valence-corrected chi connectivity index (χ3v) is 5.84. The van der Waals surface area contributed by atoms with E-state index >= 15 is 0 Å². The van der Waals surface area contributed by atoms with Gasteiger partial charge in [-0.3, -0.25) is 9.36 Å². The fourth-order valence-corrected chi connectivity index (χ4v) is 4.03. The first kappa shape index (κ1) is 19.7. The molecule has 4 nitrogen and oxygen atoms in total. The molecule has 0 aliphatic carbocycles. The van der Waals surface area contributed by atoms with Gasteiger partial charge in [0.2, 0.25) is 0 Å².